The molecule has 3 heterocycles. The van der Waals surface area contributed by atoms with Crippen molar-refractivity contribution in [2.45, 2.75) is 57.1 Å². The Morgan fingerprint density at radius 3 is 2.16 bits per heavy atom. The molecule has 0 unspecified atom stereocenters. The van der Waals surface area contributed by atoms with Crippen molar-refractivity contribution in [3.8, 4) is 0 Å². The Bertz CT molecular complexity index is 1080. The van der Waals surface area contributed by atoms with E-state index in [1.165, 1.54) is 5.06 Å². The van der Waals surface area contributed by atoms with E-state index in [2.05, 4.69) is 10.6 Å². The van der Waals surface area contributed by atoms with Crippen LogP contribution in [0, 0.1) is 0 Å². The first-order valence-electron chi connectivity index (χ1n) is 12.9. The summed E-state index contributed by atoms with van der Waals surface area (Å²) >= 11 is 0. The average molecular weight is 508 g/mol. The number of nitrogens with one attached hydrogen (secondary N) is 2. The van der Waals surface area contributed by atoms with Crippen molar-refractivity contribution >= 4 is 18.2 Å². The van der Waals surface area contributed by atoms with Crippen LogP contribution in [0.2, 0.25) is 0 Å². The third-order valence-corrected chi connectivity index (χ3v) is 7.13. The molecule has 0 radical (unpaired) electrons. The highest BCUT2D eigenvalue weighted by atomic mass is 16.7. The predicted octanol–water partition coefficient (Wildman–Crippen LogP) is 3.44. The lowest BCUT2D eigenvalue weighted by Gasteiger charge is -2.34. The Morgan fingerprint density at radius 2 is 1.49 bits per heavy atom. The average Bonchev–Trinajstić information content (AvgIpc) is 3.19. The summed E-state index contributed by atoms with van der Waals surface area (Å²) in [4.78, 5) is 47.2. The summed E-state index contributed by atoms with van der Waals surface area (Å²) in [7, 11) is 0. The van der Waals surface area contributed by atoms with Crippen molar-refractivity contribution in [2.75, 3.05) is 19.6 Å². The number of benzene rings is 2. The van der Waals surface area contributed by atoms with E-state index in [0.717, 1.165) is 17.5 Å². The smallest absolute Gasteiger partial charge is 0.410 e. The summed E-state index contributed by atoms with van der Waals surface area (Å²) in [6, 6.07) is 18.7. The molecule has 2 aromatic rings. The monoisotopic (exact) mass is 507 g/mol. The third-order valence-electron chi connectivity index (χ3n) is 7.13. The fourth-order valence-corrected chi connectivity index (χ4v) is 5.06. The number of carbonyl (C=O) groups excluding carboxylic acids is 3. The van der Waals surface area contributed by atoms with Crippen molar-refractivity contribution in [1.82, 2.24) is 25.5 Å². The molecule has 2 N–H and O–H groups in total. The summed E-state index contributed by atoms with van der Waals surface area (Å²) in [5.41, 5.74) is 1.94. The molecule has 5 amide bonds. The molecule has 0 saturated carbocycles. The van der Waals surface area contributed by atoms with Crippen molar-refractivity contribution in [1.29, 1.82) is 0 Å². The van der Waals surface area contributed by atoms with Crippen LogP contribution in [0.25, 0.3) is 0 Å². The lowest BCUT2D eigenvalue weighted by atomic mass is 10.1. The van der Waals surface area contributed by atoms with Crippen molar-refractivity contribution in [3.05, 3.63) is 71.8 Å². The number of nitrogens with zero attached hydrogens (tertiary/aromatic N) is 3. The van der Waals surface area contributed by atoms with Gasteiger partial charge in [-0.15, -0.1) is 0 Å². The number of hydroxylamine groups is 2. The van der Waals surface area contributed by atoms with Crippen LogP contribution in [0.15, 0.2) is 60.7 Å². The van der Waals surface area contributed by atoms with E-state index < -0.39 is 0 Å². The molecular formula is C27H33N5O5. The molecule has 5 rings (SSSR count). The first-order valence-corrected chi connectivity index (χ1v) is 12.9. The van der Waals surface area contributed by atoms with Gasteiger partial charge in [0.1, 0.15) is 19.4 Å². The molecule has 2 atom stereocenters. The first-order chi connectivity index (χ1) is 18.1. The highest BCUT2D eigenvalue weighted by Crippen LogP contribution is 2.29. The van der Waals surface area contributed by atoms with Gasteiger partial charge in [-0.3, -0.25) is 4.84 Å². The number of carbonyl (C=O) groups is 3. The SMILES string of the molecule is O=C(NC1CCN(C(=O)OCc2ccccc2)CC1)N[C@@H]1CC[C@@H]2CN1C(=O)N2OCc1ccccc1. The van der Waals surface area contributed by atoms with E-state index in [1.807, 2.05) is 60.7 Å². The molecule has 10 nitrogen and oxygen atoms in total. The number of amides is 5. The molecule has 10 heteroatoms. The van der Waals surface area contributed by atoms with E-state index in [-0.39, 0.29) is 43.0 Å². The maximum Gasteiger partial charge on any atom is 0.410 e. The van der Waals surface area contributed by atoms with Gasteiger partial charge in [-0.05, 0) is 36.8 Å². The summed E-state index contributed by atoms with van der Waals surface area (Å²) in [5, 5.41) is 7.42. The van der Waals surface area contributed by atoms with Gasteiger partial charge in [-0.25, -0.2) is 14.4 Å². The van der Waals surface area contributed by atoms with Gasteiger partial charge in [0.15, 0.2) is 0 Å². The number of hydrogen-bond donors (Lipinski definition) is 2. The number of fused-ring (bicyclic) bond motifs is 2. The second kappa shape index (κ2) is 11.5. The zero-order valence-corrected chi connectivity index (χ0v) is 20.8. The van der Waals surface area contributed by atoms with Crippen molar-refractivity contribution in [2.24, 2.45) is 0 Å². The number of rotatable bonds is 7. The Morgan fingerprint density at radius 1 is 0.838 bits per heavy atom. The minimum absolute atomic E-state index is 0.0108. The normalized spacial score (nSPS) is 21.6. The van der Waals surface area contributed by atoms with E-state index in [4.69, 9.17) is 9.57 Å². The molecule has 196 valence electrons. The summed E-state index contributed by atoms with van der Waals surface area (Å²) < 4.78 is 5.41. The fraction of sp³-hybridized carbons (Fsp3) is 0.444. The Labute approximate surface area is 216 Å². The molecule has 37 heavy (non-hydrogen) atoms. The van der Waals surface area contributed by atoms with Gasteiger partial charge in [0.25, 0.3) is 0 Å². The summed E-state index contributed by atoms with van der Waals surface area (Å²) in [6.45, 7) is 2.13. The quantitative estimate of drug-likeness (QED) is 0.598. The van der Waals surface area contributed by atoms with Crippen molar-refractivity contribution < 1.29 is 24.0 Å². The molecule has 0 spiro atoms. The van der Waals surface area contributed by atoms with Crippen LogP contribution in [0.5, 0.6) is 0 Å². The van der Waals surface area contributed by atoms with Gasteiger partial charge in [0.2, 0.25) is 0 Å². The van der Waals surface area contributed by atoms with E-state index in [9.17, 15) is 14.4 Å². The number of hydrogen-bond acceptors (Lipinski definition) is 5. The lowest BCUT2D eigenvalue weighted by Crippen LogP contribution is -2.56. The topological polar surface area (TPSA) is 103 Å². The minimum Gasteiger partial charge on any atom is -0.445 e. The molecule has 3 saturated heterocycles. The van der Waals surface area contributed by atoms with Crippen LogP contribution in [-0.2, 0) is 22.8 Å². The van der Waals surface area contributed by atoms with Gasteiger partial charge >= 0.3 is 18.2 Å². The zero-order chi connectivity index (χ0) is 25.6. The first kappa shape index (κ1) is 24.9. The fourth-order valence-electron chi connectivity index (χ4n) is 5.06. The molecular weight excluding hydrogens is 474 g/mol. The van der Waals surface area contributed by atoms with Crippen LogP contribution >= 0.6 is 0 Å². The second-order valence-electron chi connectivity index (χ2n) is 9.69. The molecule has 3 aliphatic rings. The van der Waals surface area contributed by atoms with E-state index >= 15 is 0 Å². The molecule has 0 aliphatic carbocycles. The third kappa shape index (κ3) is 6.14. The summed E-state index contributed by atoms with van der Waals surface area (Å²) in [6.07, 6.45) is 2.00. The molecule has 3 aliphatic heterocycles. The highest BCUT2D eigenvalue weighted by molar-refractivity contribution is 5.79. The molecule has 2 bridgehead atoms. The Balaban J connectivity index is 1.03. The van der Waals surface area contributed by atoms with Gasteiger partial charge in [0.05, 0.1) is 6.04 Å². The maximum atomic E-state index is 12.9. The van der Waals surface area contributed by atoms with E-state index in [0.29, 0.717) is 45.5 Å². The molecule has 0 aromatic heterocycles. The molecule has 3 fully saturated rings. The standard InChI is InChI=1S/C27H33N5O5/c33-25(28-22-13-15-30(16-14-22)27(35)36-18-20-7-3-1-4-8-20)29-24-12-11-23-17-31(24)26(34)32(23)37-19-21-9-5-2-6-10-21/h1-10,22-24H,11-19H2,(H2,28,29,33)/t23-,24+/m1/s1. The minimum atomic E-state index is -0.373. The van der Waals surface area contributed by atoms with Gasteiger partial charge in [0, 0.05) is 25.7 Å². The highest BCUT2D eigenvalue weighted by Gasteiger charge is 2.46. The van der Waals surface area contributed by atoms with Gasteiger partial charge in [-0.2, -0.15) is 5.06 Å². The predicted molar refractivity (Wildman–Crippen MR) is 135 cm³/mol. The maximum absolute atomic E-state index is 12.9. The largest absolute Gasteiger partial charge is 0.445 e. The molecule has 2 aromatic carbocycles. The number of likely N-dealkylation sites (tertiary alicyclic amines) is 1. The van der Waals surface area contributed by atoms with Gasteiger partial charge in [-0.1, -0.05) is 60.7 Å². The Hall–Kier alpha value is -3.79. The summed E-state index contributed by atoms with van der Waals surface area (Å²) in [5.74, 6) is 0. The van der Waals surface area contributed by atoms with Crippen LogP contribution in [0.4, 0.5) is 14.4 Å². The number of ether oxygens (including phenoxy) is 1. The number of piperidine rings is 2. The Kier molecular flexibility index (Phi) is 7.74. The van der Waals surface area contributed by atoms with Crippen molar-refractivity contribution in [3.63, 3.8) is 0 Å². The van der Waals surface area contributed by atoms with E-state index in [1.54, 1.807) is 9.80 Å². The van der Waals surface area contributed by atoms with Crippen LogP contribution in [0.1, 0.15) is 36.8 Å². The number of urea groups is 2. The second-order valence-corrected chi connectivity index (χ2v) is 9.69. The van der Waals surface area contributed by atoms with Gasteiger partial charge < -0.3 is 25.2 Å². The van der Waals surface area contributed by atoms with Crippen LogP contribution < -0.4 is 10.6 Å². The van der Waals surface area contributed by atoms with Crippen LogP contribution in [0.3, 0.4) is 0 Å². The van der Waals surface area contributed by atoms with Crippen LogP contribution in [-0.4, -0.2) is 70.9 Å². The zero-order valence-electron chi connectivity index (χ0n) is 20.8. The lowest BCUT2D eigenvalue weighted by molar-refractivity contribution is -0.140.